The summed E-state index contributed by atoms with van der Waals surface area (Å²) in [6, 6.07) is 17.0. The van der Waals surface area contributed by atoms with E-state index in [4.69, 9.17) is 0 Å². The smallest absolute Gasteiger partial charge is 0.345 e. The molecule has 2 N–H and O–H groups in total. The van der Waals surface area contributed by atoms with Crippen molar-refractivity contribution in [2.45, 2.75) is 157 Å². The van der Waals surface area contributed by atoms with E-state index in [-0.39, 0.29) is 42.2 Å². The molecule has 310 valence electrons. The molecule has 0 fully saturated rings. The molecular weight excluding hydrogens is 791 g/mol. The second-order valence-electron chi connectivity index (χ2n) is 21.9. The van der Waals surface area contributed by atoms with E-state index >= 15 is 0 Å². The highest BCUT2D eigenvalue weighted by Gasteiger charge is 2.33. The average Bonchev–Trinajstić information content (AvgIpc) is 3.72. The number of carboxylic acid groups (broad SMARTS) is 2. The molecule has 0 amide bonds. The molecule has 2 heterocycles. The van der Waals surface area contributed by atoms with Gasteiger partial charge in [-0.3, -0.25) is 0 Å². The molecule has 2 aromatic heterocycles. The topological polar surface area (TPSA) is 74.6 Å². The number of rotatable bonds is 6. The zero-order valence-electron chi connectivity index (χ0n) is 38.0. The summed E-state index contributed by atoms with van der Waals surface area (Å²) >= 11 is 2.59. The van der Waals surface area contributed by atoms with Gasteiger partial charge < -0.3 is 10.2 Å². The van der Waals surface area contributed by atoms with Gasteiger partial charge >= 0.3 is 11.9 Å². The Bertz CT molecular complexity index is 2260. The molecule has 58 heavy (non-hydrogen) atoms. The minimum absolute atomic E-state index is 0.0513. The van der Waals surface area contributed by atoms with Gasteiger partial charge in [0.2, 0.25) is 0 Å². The van der Waals surface area contributed by atoms with Crippen LogP contribution in [0.4, 0.5) is 0 Å². The van der Waals surface area contributed by atoms with Gasteiger partial charge in [0, 0.05) is 41.4 Å². The Labute approximate surface area is 359 Å². The molecule has 8 heteroatoms. The van der Waals surface area contributed by atoms with Crippen LogP contribution in [0.15, 0.2) is 48.5 Å². The number of hydrogen-bond acceptors (Lipinski definition) is 4. The first kappa shape index (κ1) is 45.9. The summed E-state index contributed by atoms with van der Waals surface area (Å²) in [5, 5.41) is 22.8. The number of carbonyl (C=O) groups is 2. The molecule has 5 rings (SSSR count). The van der Waals surface area contributed by atoms with Crippen molar-refractivity contribution in [1.29, 1.82) is 0 Å². The molecule has 0 saturated carbocycles. The minimum Gasteiger partial charge on any atom is -0.477 e. The largest absolute Gasteiger partial charge is 0.477 e. The summed E-state index contributed by atoms with van der Waals surface area (Å²) in [7, 11) is 2.09. The maximum atomic E-state index is 12.4. The number of benzene rings is 2. The van der Waals surface area contributed by atoms with Gasteiger partial charge in [-0.05, 0) is 90.1 Å². The predicted octanol–water partition coefficient (Wildman–Crippen LogP) is 14.8. The standard InChI is InChI=1S/C50H64O4P2S2/c1-45(2,3)27-23-29(47(7,8)9)39(30(24-27)48(10,11)12)55-41-37(33-19-21-35(57-33)43(51)52)38(34-20-22-36(58-34)44(53)54)42(41)56-40-31(49(13,14)15)25-28(46(4,5)6)26-32(40)50(16,17)18/h19-26H,1-18H3,(H,51,52)(H,53,54). The van der Waals surface area contributed by atoms with Crippen molar-refractivity contribution in [2.75, 3.05) is 0 Å². The summed E-state index contributed by atoms with van der Waals surface area (Å²) in [6.45, 7) is 41.3. The molecule has 0 spiro atoms. The van der Waals surface area contributed by atoms with Gasteiger partial charge in [0.1, 0.15) is 9.75 Å². The molecule has 0 aliphatic carbocycles. The molecule has 0 bridgehead atoms. The summed E-state index contributed by atoms with van der Waals surface area (Å²) in [6.07, 6.45) is 0. The summed E-state index contributed by atoms with van der Waals surface area (Å²) < 4.78 is 0. The van der Waals surface area contributed by atoms with Crippen molar-refractivity contribution in [2.24, 2.45) is 0 Å². The van der Waals surface area contributed by atoms with Crippen LogP contribution in [0, 0.1) is 9.88 Å². The maximum absolute atomic E-state index is 12.4. The molecule has 4 nitrogen and oxygen atoms in total. The first-order valence-electron chi connectivity index (χ1n) is 20.2. The second kappa shape index (κ2) is 15.4. The highest BCUT2D eigenvalue weighted by Crippen LogP contribution is 2.49. The third-order valence-corrected chi connectivity index (χ3v) is 15.8. The molecule has 0 atom stereocenters. The van der Waals surface area contributed by atoms with Crippen molar-refractivity contribution in [1.82, 2.24) is 0 Å². The Kier molecular flexibility index (Phi) is 12.2. The normalized spacial score (nSPS) is 14.2. The molecule has 5 aromatic rings. The van der Waals surface area contributed by atoms with E-state index < -0.39 is 11.9 Å². The SMILES string of the molecule is CC(C)(C)c1cc(C(C)(C)C)c(P=c2c(-c3ccc(C(=O)O)s3)c(-c3ccc(C(=O)O)s3)c2=Pc2c(C(C)(C)C)cc(C(C)(C)C)cc2C(C)(C)C)c(C(C)(C)C)c1. The van der Waals surface area contributed by atoms with Crippen molar-refractivity contribution in [3.63, 3.8) is 0 Å². The van der Waals surface area contributed by atoms with E-state index in [0.29, 0.717) is 0 Å². The first-order valence-corrected chi connectivity index (χ1v) is 23.6. The van der Waals surface area contributed by atoms with Crippen LogP contribution < -0.4 is 10.6 Å². The van der Waals surface area contributed by atoms with Gasteiger partial charge in [-0.2, -0.15) is 0 Å². The molecule has 0 saturated heterocycles. The van der Waals surface area contributed by atoms with Gasteiger partial charge in [0.05, 0.1) is 0 Å². The zero-order chi connectivity index (χ0) is 43.9. The zero-order valence-corrected chi connectivity index (χ0v) is 41.5. The van der Waals surface area contributed by atoms with Crippen molar-refractivity contribution in [3.05, 3.63) is 102 Å². The van der Waals surface area contributed by atoms with Gasteiger partial charge in [0.25, 0.3) is 0 Å². The van der Waals surface area contributed by atoms with Crippen LogP contribution in [0.3, 0.4) is 0 Å². The number of thiophene rings is 2. The van der Waals surface area contributed by atoms with Gasteiger partial charge in [-0.1, -0.05) is 165 Å². The lowest BCUT2D eigenvalue weighted by molar-refractivity contribution is 0.0691. The summed E-state index contributed by atoms with van der Waals surface area (Å²) in [4.78, 5) is 29.4. The van der Waals surface area contributed by atoms with E-state index in [1.807, 2.05) is 12.1 Å². The fourth-order valence-corrected chi connectivity index (χ4v) is 13.1. The lowest BCUT2D eigenvalue weighted by atomic mass is 9.75. The van der Waals surface area contributed by atoms with Gasteiger partial charge in [0.15, 0.2) is 0 Å². The fraction of sp³-hybridized carbons (Fsp3) is 0.480. The molecule has 3 aromatic carbocycles. The van der Waals surface area contributed by atoms with E-state index in [9.17, 15) is 19.8 Å². The van der Waals surface area contributed by atoms with Crippen molar-refractivity contribution < 1.29 is 19.8 Å². The number of aromatic carboxylic acids is 2. The molecular formula is C50H64O4P2S2. The lowest BCUT2D eigenvalue weighted by Crippen LogP contribution is -2.30. The van der Waals surface area contributed by atoms with E-state index in [1.165, 1.54) is 76.5 Å². The highest BCUT2D eigenvalue weighted by atomic mass is 32.1. The Morgan fingerprint density at radius 2 is 0.690 bits per heavy atom. The van der Waals surface area contributed by atoms with Crippen LogP contribution in [0.5, 0.6) is 0 Å². The Balaban J connectivity index is 2.14. The van der Waals surface area contributed by atoms with Crippen LogP contribution in [0.1, 0.15) is 177 Å². The van der Waals surface area contributed by atoms with Crippen LogP contribution in [-0.2, 0) is 32.5 Å². The molecule has 0 aliphatic heterocycles. The van der Waals surface area contributed by atoms with Crippen molar-refractivity contribution in [3.8, 4) is 20.9 Å². The van der Waals surface area contributed by atoms with Crippen LogP contribution in [0.25, 0.3) is 20.9 Å². The van der Waals surface area contributed by atoms with E-state index in [2.05, 4.69) is 149 Å². The average molecular weight is 855 g/mol. The minimum atomic E-state index is -0.949. The maximum Gasteiger partial charge on any atom is 0.345 e. The number of carboxylic acids is 2. The molecule has 0 unspecified atom stereocenters. The van der Waals surface area contributed by atoms with Crippen molar-refractivity contribution >= 4 is 61.6 Å². The van der Waals surface area contributed by atoms with Crippen LogP contribution >= 0.6 is 39.1 Å². The third-order valence-electron chi connectivity index (χ3n) is 10.7. The quantitative estimate of drug-likeness (QED) is 0.167. The van der Waals surface area contributed by atoms with E-state index in [0.717, 1.165) is 37.3 Å². The molecule has 0 aliphatic rings. The summed E-state index contributed by atoms with van der Waals surface area (Å²) in [5.41, 5.74) is 9.14. The number of hydrogen-bond donors (Lipinski definition) is 2. The first-order chi connectivity index (χ1) is 26.2. The van der Waals surface area contributed by atoms with Crippen LogP contribution in [0.2, 0.25) is 0 Å². The second-order valence-corrected chi connectivity index (χ2v) is 26.4. The Hall–Kier alpha value is -3.14. The van der Waals surface area contributed by atoms with Gasteiger partial charge in [-0.15, -0.1) is 22.7 Å². The summed E-state index contributed by atoms with van der Waals surface area (Å²) in [5.74, 6) is -1.90. The Morgan fingerprint density at radius 3 is 0.879 bits per heavy atom. The lowest BCUT2D eigenvalue weighted by Gasteiger charge is -2.33. The van der Waals surface area contributed by atoms with E-state index in [1.54, 1.807) is 12.1 Å². The Morgan fingerprint density at radius 1 is 0.431 bits per heavy atom. The fourth-order valence-electron chi connectivity index (χ4n) is 7.17. The monoisotopic (exact) mass is 854 g/mol. The molecule has 0 radical (unpaired) electrons. The highest BCUT2D eigenvalue weighted by molar-refractivity contribution is 7.42. The van der Waals surface area contributed by atoms with Gasteiger partial charge in [-0.25, -0.2) is 9.59 Å². The van der Waals surface area contributed by atoms with Crippen LogP contribution in [-0.4, -0.2) is 22.2 Å². The third kappa shape index (κ3) is 9.42. The predicted molar refractivity (Wildman–Crippen MR) is 254 cm³/mol.